The minimum absolute atomic E-state index is 0. The van der Waals surface area contributed by atoms with Crippen molar-refractivity contribution in [1.29, 1.82) is 0 Å². The van der Waals surface area contributed by atoms with Crippen LogP contribution in [0.25, 0.3) is 0 Å². The lowest BCUT2D eigenvalue weighted by Gasteiger charge is -2.33. The number of nitrogens with one attached hydrogen (secondary N) is 1. The van der Waals surface area contributed by atoms with Gasteiger partial charge in [-0.1, -0.05) is 0 Å². The number of hydrogen-bond donors (Lipinski definition) is 1. The van der Waals surface area contributed by atoms with E-state index >= 15 is 0 Å². The third-order valence-corrected chi connectivity index (χ3v) is 5.82. The molecule has 2 fully saturated rings. The van der Waals surface area contributed by atoms with Crippen LogP contribution in [0.3, 0.4) is 0 Å². The molecule has 2 unspecified atom stereocenters. The van der Waals surface area contributed by atoms with Crippen molar-refractivity contribution < 1.29 is 9.53 Å². The van der Waals surface area contributed by atoms with Gasteiger partial charge in [-0.05, 0) is 26.7 Å². The first kappa shape index (κ1) is 21.6. The lowest BCUT2D eigenvalue weighted by molar-refractivity contribution is -0.133. The molecule has 3 rings (SSSR count). The van der Waals surface area contributed by atoms with Crippen molar-refractivity contribution in [3.63, 3.8) is 0 Å². The highest BCUT2D eigenvalue weighted by atomic mass is 35.5. The number of nitrogens with zero attached hydrogens (tertiary/aromatic N) is 2. The number of hydrogen-bond acceptors (Lipinski definition) is 5. The molecule has 0 bridgehead atoms. The highest BCUT2D eigenvalue weighted by molar-refractivity contribution is 7.11. The minimum Gasteiger partial charge on any atom is -0.378 e. The first-order valence-corrected chi connectivity index (χ1v) is 8.98. The highest BCUT2D eigenvalue weighted by Crippen LogP contribution is 2.31. The van der Waals surface area contributed by atoms with E-state index < -0.39 is 0 Å². The molecule has 0 aliphatic carbocycles. The number of ether oxygens (including phenoxy) is 1. The van der Waals surface area contributed by atoms with Gasteiger partial charge >= 0.3 is 0 Å². The van der Waals surface area contributed by atoms with Gasteiger partial charge in [0.1, 0.15) is 0 Å². The fourth-order valence-corrected chi connectivity index (χ4v) is 4.22. The van der Waals surface area contributed by atoms with Gasteiger partial charge in [0, 0.05) is 42.9 Å². The summed E-state index contributed by atoms with van der Waals surface area (Å²) in [5.74, 6) is 0.656. The van der Waals surface area contributed by atoms with Crippen LogP contribution in [0, 0.1) is 13.8 Å². The Kier molecular flexibility index (Phi) is 8.95. The fraction of sp³-hybridized carbons (Fsp3) is 0.750. The van der Waals surface area contributed by atoms with Crippen LogP contribution in [0.4, 0.5) is 0 Å². The van der Waals surface area contributed by atoms with Crippen LogP contribution in [-0.4, -0.2) is 54.7 Å². The summed E-state index contributed by atoms with van der Waals surface area (Å²) in [5, 5.41) is 4.56. The lowest BCUT2D eigenvalue weighted by atomic mass is 9.98. The molecule has 0 radical (unpaired) electrons. The van der Waals surface area contributed by atoms with E-state index in [4.69, 9.17) is 9.72 Å². The maximum Gasteiger partial charge on any atom is 0.224 e. The monoisotopic (exact) mass is 395 g/mol. The predicted molar refractivity (Wildman–Crippen MR) is 102 cm³/mol. The summed E-state index contributed by atoms with van der Waals surface area (Å²) in [5.41, 5.74) is 1.13. The molecule has 3 heterocycles. The van der Waals surface area contributed by atoms with E-state index in [9.17, 15) is 4.79 Å². The van der Waals surface area contributed by atoms with Crippen LogP contribution >= 0.6 is 36.2 Å². The molecule has 1 aromatic rings. The van der Waals surface area contributed by atoms with Crippen LogP contribution in [0.15, 0.2) is 0 Å². The van der Waals surface area contributed by atoms with Gasteiger partial charge < -0.3 is 15.0 Å². The van der Waals surface area contributed by atoms with E-state index in [1.54, 1.807) is 11.3 Å². The summed E-state index contributed by atoms with van der Waals surface area (Å²) in [6.45, 7) is 8.13. The first-order chi connectivity index (χ1) is 10.6. The largest absolute Gasteiger partial charge is 0.378 e. The van der Waals surface area contributed by atoms with E-state index in [2.05, 4.69) is 19.2 Å². The van der Waals surface area contributed by atoms with E-state index in [0.29, 0.717) is 18.9 Å². The Morgan fingerprint density at radius 1 is 1.42 bits per heavy atom. The molecule has 0 saturated carbocycles. The van der Waals surface area contributed by atoms with Gasteiger partial charge in [-0.2, -0.15) is 0 Å². The number of amides is 1. The zero-order valence-corrected chi connectivity index (χ0v) is 16.7. The second-order valence-corrected chi connectivity index (χ2v) is 7.54. The van der Waals surface area contributed by atoms with Crippen molar-refractivity contribution >= 4 is 42.1 Å². The third kappa shape index (κ3) is 5.30. The fourth-order valence-electron chi connectivity index (χ4n) is 3.17. The number of rotatable bonds is 3. The van der Waals surface area contributed by atoms with Gasteiger partial charge in [0.2, 0.25) is 5.91 Å². The maximum absolute atomic E-state index is 12.5. The molecule has 8 heteroatoms. The molecule has 1 aromatic heterocycles. The minimum atomic E-state index is 0. The Morgan fingerprint density at radius 3 is 2.83 bits per heavy atom. The van der Waals surface area contributed by atoms with Crippen molar-refractivity contribution in [1.82, 2.24) is 15.2 Å². The molecule has 24 heavy (non-hydrogen) atoms. The molecule has 0 spiro atoms. The molecule has 2 saturated heterocycles. The molecule has 138 valence electrons. The van der Waals surface area contributed by atoms with Crippen molar-refractivity contribution in [2.75, 3.05) is 32.8 Å². The molecular formula is C16H27Cl2N3O2S. The summed E-state index contributed by atoms with van der Waals surface area (Å²) >= 11 is 1.79. The number of aryl methyl sites for hydroxylation is 2. The number of carbonyl (C=O) groups is 1. The average molecular weight is 396 g/mol. The smallest absolute Gasteiger partial charge is 0.224 e. The Morgan fingerprint density at radius 2 is 2.21 bits per heavy atom. The maximum atomic E-state index is 12.5. The van der Waals surface area contributed by atoms with Crippen molar-refractivity contribution in [3.05, 3.63) is 15.6 Å². The zero-order valence-electron chi connectivity index (χ0n) is 14.2. The van der Waals surface area contributed by atoms with Crippen LogP contribution in [0.1, 0.15) is 40.8 Å². The quantitative estimate of drug-likeness (QED) is 0.854. The molecule has 5 nitrogen and oxygen atoms in total. The van der Waals surface area contributed by atoms with Crippen LogP contribution in [0.5, 0.6) is 0 Å². The van der Waals surface area contributed by atoms with Crippen LogP contribution in [-0.2, 0) is 9.53 Å². The Hall–Kier alpha value is -0.400. The molecule has 2 aliphatic rings. The predicted octanol–water partition coefficient (Wildman–Crippen LogP) is 2.69. The SMILES string of the molecule is Cc1nc(C2CCCN(C(=O)CC3COCCN3)C2)sc1C.Cl.Cl. The Labute approximate surface area is 160 Å². The van der Waals surface area contributed by atoms with E-state index in [-0.39, 0.29) is 36.8 Å². The van der Waals surface area contributed by atoms with Crippen molar-refractivity contribution in [3.8, 4) is 0 Å². The van der Waals surface area contributed by atoms with E-state index in [1.165, 1.54) is 9.88 Å². The normalized spacial score (nSPS) is 24.0. The number of morpholine rings is 1. The number of aromatic nitrogens is 1. The van der Waals surface area contributed by atoms with Crippen molar-refractivity contribution in [2.45, 2.75) is 45.1 Å². The first-order valence-electron chi connectivity index (χ1n) is 8.16. The average Bonchev–Trinajstić information content (AvgIpc) is 2.88. The van der Waals surface area contributed by atoms with Gasteiger partial charge in [0.25, 0.3) is 0 Å². The van der Waals surface area contributed by atoms with Crippen LogP contribution in [0.2, 0.25) is 0 Å². The zero-order chi connectivity index (χ0) is 15.5. The second kappa shape index (κ2) is 9.92. The number of thiazole rings is 1. The number of carbonyl (C=O) groups excluding carboxylic acids is 1. The highest BCUT2D eigenvalue weighted by Gasteiger charge is 2.28. The second-order valence-electron chi connectivity index (χ2n) is 6.30. The van der Waals surface area contributed by atoms with Crippen molar-refractivity contribution in [2.24, 2.45) is 0 Å². The number of likely N-dealkylation sites (tertiary alicyclic amines) is 1. The lowest BCUT2D eigenvalue weighted by Crippen LogP contribution is -2.46. The van der Waals surface area contributed by atoms with Crippen LogP contribution < -0.4 is 5.32 Å². The molecule has 2 atom stereocenters. The molecular weight excluding hydrogens is 369 g/mol. The van der Waals surface area contributed by atoms with E-state index in [1.807, 2.05) is 4.90 Å². The Balaban J connectivity index is 0.00000144. The van der Waals surface area contributed by atoms with Gasteiger partial charge in [0.05, 0.1) is 23.9 Å². The molecule has 1 N–H and O–H groups in total. The van der Waals surface area contributed by atoms with Gasteiger partial charge in [-0.25, -0.2) is 4.98 Å². The number of piperidine rings is 1. The summed E-state index contributed by atoms with van der Waals surface area (Å²) < 4.78 is 5.44. The topological polar surface area (TPSA) is 54.5 Å². The van der Waals surface area contributed by atoms with Gasteiger partial charge in [-0.15, -0.1) is 36.2 Å². The Bertz CT molecular complexity index is 516. The standard InChI is InChI=1S/C16H25N3O2S.2ClH/c1-11-12(2)22-16(18-11)13-4-3-6-19(9-13)15(20)8-14-10-21-7-5-17-14;;/h13-14,17H,3-10H2,1-2H3;2*1H. The molecule has 2 aliphatic heterocycles. The molecule has 0 aromatic carbocycles. The third-order valence-electron chi connectivity index (χ3n) is 4.59. The summed E-state index contributed by atoms with van der Waals surface area (Å²) in [4.78, 5) is 20.5. The van der Waals surface area contributed by atoms with E-state index in [0.717, 1.165) is 44.8 Å². The van der Waals surface area contributed by atoms with Gasteiger partial charge in [0.15, 0.2) is 0 Å². The summed E-state index contributed by atoms with van der Waals surface area (Å²) in [6, 6.07) is 0.172. The summed E-state index contributed by atoms with van der Waals surface area (Å²) in [7, 11) is 0. The number of halogens is 2. The molecule has 1 amide bonds. The van der Waals surface area contributed by atoms with Gasteiger partial charge in [-0.3, -0.25) is 4.79 Å². The summed E-state index contributed by atoms with van der Waals surface area (Å²) in [6.07, 6.45) is 2.76.